The van der Waals surface area contributed by atoms with Crippen LogP contribution in [0.5, 0.6) is 5.95 Å². The van der Waals surface area contributed by atoms with Crippen LogP contribution < -0.4 is 9.64 Å². The summed E-state index contributed by atoms with van der Waals surface area (Å²) >= 11 is 12.7. The van der Waals surface area contributed by atoms with Crippen molar-refractivity contribution in [3.8, 4) is 5.95 Å². The second-order valence-corrected chi connectivity index (χ2v) is 7.49. The summed E-state index contributed by atoms with van der Waals surface area (Å²) in [4.78, 5) is 15.0. The van der Waals surface area contributed by atoms with Crippen LogP contribution in [0.3, 0.4) is 0 Å². The van der Waals surface area contributed by atoms with Crippen LogP contribution in [0.2, 0.25) is 10.0 Å². The zero-order valence-electron chi connectivity index (χ0n) is 15.2. The number of ether oxygens (including phenoxy) is 1. The molecule has 0 aliphatic carbocycles. The predicted octanol–water partition coefficient (Wildman–Crippen LogP) is 5.26. The number of halogens is 3. The molecule has 0 saturated carbocycles. The smallest absolute Gasteiger partial charge is 0.449 e. The van der Waals surface area contributed by atoms with E-state index < -0.39 is 6.16 Å². The summed E-state index contributed by atoms with van der Waals surface area (Å²) < 4.78 is 23.9. The zero-order chi connectivity index (χ0) is 20.5. The number of rotatable bonds is 4. The molecule has 6 nitrogen and oxygen atoms in total. The van der Waals surface area contributed by atoms with Crippen LogP contribution in [-0.2, 0) is 6.54 Å². The first-order chi connectivity index (χ1) is 13.9. The molecule has 3 aromatic rings. The Bertz CT molecular complexity index is 1040. The van der Waals surface area contributed by atoms with Crippen molar-refractivity contribution in [2.24, 2.45) is 0 Å². The number of hydrogen-bond donors (Lipinski definition) is 1. The predicted molar refractivity (Wildman–Crippen MR) is 109 cm³/mol. The molecule has 0 amide bonds. The SMILES string of the molecule is O=C(O)Oc1cc2c(Cl)c(N3CCN(Cc4c(F)cccc4Cl)CC3)ccc2o1. The third-order valence-electron chi connectivity index (χ3n) is 4.94. The molecule has 2 heterocycles. The lowest BCUT2D eigenvalue weighted by Gasteiger charge is -2.36. The summed E-state index contributed by atoms with van der Waals surface area (Å²) in [5.74, 6) is -0.425. The summed E-state index contributed by atoms with van der Waals surface area (Å²) in [5, 5.41) is 10.2. The molecule has 0 radical (unpaired) electrons. The minimum absolute atomic E-state index is 0.127. The molecule has 1 fully saturated rings. The van der Waals surface area contributed by atoms with E-state index in [1.807, 2.05) is 6.07 Å². The molecular formula is C20H17Cl2FN2O4. The number of piperazine rings is 1. The fourth-order valence-electron chi connectivity index (χ4n) is 3.48. The van der Waals surface area contributed by atoms with Gasteiger partial charge in [-0.3, -0.25) is 4.90 Å². The average molecular weight is 439 g/mol. The highest BCUT2D eigenvalue weighted by Gasteiger charge is 2.22. The highest BCUT2D eigenvalue weighted by molar-refractivity contribution is 6.38. The van der Waals surface area contributed by atoms with Crippen LogP contribution >= 0.6 is 23.2 Å². The monoisotopic (exact) mass is 438 g/mol. The number of carboxylic acid groups (broad SMARTS) is 1. The molecular weight excluding hydrogens is 422 g/mol. The van der Waals surface area contributed by atoms with Gasteiger partial charge >= 0.3 is 6.16 Å². The van der Waals surface area contributed by atoms with Crippen molar-refractivity contribution in [3.63, 3.8) is 0 Å². The summed E-state index contributed by atoms with van der Waals surface area (Å²) in [6.07, 6.45) is -1.45. The fraction of sp³-hybridized carbons (Fsp3) is 0.250. The minimum Gasteiger partial charge on any atom is -0.449 e. The summed E-state index contributed by atoms with van der Waals surface area (Å²) in [5.41, 5.74) is 1.78. The summed E-state index contributed by atoms with van der Waals surface area (Å²) in [6.45, 7) is 3.29. The van der Waals surface area contributed by atoms with Crippen molar-refractivity contribution >= 4 is 46.0 Å². The van der Waals surface area contributed by atoms with E-state index in [9.17, 15) is 9.18 Å². The molecule has 2 aromatic carbocycles. The van der Waals surface area contributed by atoms with Gasteiger partial charge in [0, 0.05) is 54.8 Å². The Hall–Kier alpha value is -2.48. The topological polar surface area (TPSA) is 66.2 Å². The Morgan fingerprint density at radius 1 is 1.17 bits per heavy atom. The molecule has 1 N–H and O–H groups in total. The van der Waals surface area contributed by atoms with Gasteiger partial charge in [-0.25, -0.2) is 9.18 Å². The van der Waals surface area contributed by atoms with Crippen LogP contribution in [0.4, 0.5) is 14.9 Å². The van der Waals surface area contributed by atoms with Crippen LogP contribution in [0, 0.1) is 5.82 Å². The van der Waals surface area contributed by atoms with E-state index in [2.05, 4.69) is 14.5 Å². The van der Waals surface area contributed by atoms with Gasteiger partial charge in [-0.2, -0.15) is 0 Å². The van der Waals surface area contributed by atoms with Crippen molar-refractivity contribution < 1.29 is 23.4 Å². The zero-order valence-corrected chi connectivity index (χ0v) is 16.7. The number of fused-ring (bicyclic) bond motifs is 1. The molecule has 1 saturated heterocycles. The van der Waals surface area contributed by atoms with Gasteiger partial charge in [0.1, 0.15) is 11.4 Å². The number of furan rings is 1. The highest BCUT2D eigenvalue weighted by atomic mass is 35.5. The summed E-state index contributed by atoms with van der Waals surface area (Å²) in [6, 6.07) is 9.74. The molecule has 1 aliphatic heterocycles. The van der Waals surface area contributed by atoms with Crippen molar-refractivity contribution in [2.75, 3.05) is 31.1 Å². The Morgan fingerprint density at radius 2 is 1.93 bits per heavy atom. The van der Waals surface area contributed by atoms with Crippen LogP contribution in [-0.4, -0.2) is 42.3 Å². The third kappa shape index (κ3) is 4.12. The van der Waals surface area contributed by atoms with E-state index in [0.717, 1.165) is 18.8 Å². The maximum absolute atomic E-state index is 14.0. The van der Waals surface area contributed by atoms with Crippen molar-refractivity contribution in [3.05, 3.63) is 57.8 Å². The van der Waals surface area contributed by atoms with E-state index in [1.165, 1.54) is 12.1 Å². The standard InChI is InChI=1S/C20H17Cl2FN2O4/c21-14-2-1-3-15(23)13(14)11-24-6-8-25(9-7-24)16-4-5-17-12(19(16)22)10-18(28-17)29-20(26)27/h1-5,10H,6-9,11H2,(H,26,27). The molecule has 9 heteroatoms. The van der Waals surface area contributed by atoms with Gasteiger partial charge < -0.3 is 19.2 Å². The van der Waals surface area contributed by atoms with Gasteiger partial charge in [-0.15, -0.1) is 0 Å². The number of benzene rings is 2. The Balaban J connectivity index is 1.47. The molecule has 1 aliphatic rings. The van der Waals surface area contributed by atoms with Gasteiger partial charge in [-0.05, 0) is 24.3 Å². The van der Waals surface area contributed by atoms with Gasteiger partial charge in [-0.1, -0.05) is 29.3 Å². The number of hydrogen-bond acceptors (Lipinski definition) is 5. The van der Waals surface area contributed by atoms with Crippen molar-refractivity contribution in [1.82, 2.24) is 4.90 Å². The molecule has 0 atom stereocenters. The van der Waals surface area contributed by atoms with Gasteiger partial charge in [0.15, 0.2) is 0 Å². The lowest BCUT2D eigenvalue weighted by Crippen LogP contribution is -2.46. The van der Waals surface area contributed by atoms with Gasteiger partial charge in [0.05, 0.1) is 10.7 Å². The van der Waals surface area contributed by atoms with E-state index in [-0.39, 0.29) is 11.8 Å². The van der Waals surface area contributed by atoms with Crippen LogP contribution in [0.15, 0.2) is 40.8 Å². The molecule has 0 spiro atoms. The van der Waals surface area contributed by atoms with E-state index in [4.69, 9.17) is 32.7 Å². The number of carbonyl (C=O) groups is 1. The first-order valence-corrected chi connectivity index (χ1v) is 9.71. The molecule has 29 heavy (non-hydrogen) atoms. The third-order valence-corrected chi connectivity index (χ3v) is 5.69. The quantitative estimate of drug-likeness (QED) is 0.560. The van der Waals surface area contributed by atoms with Gasteiger partial charge in [0.2, 0.25) is 0 Å². The number of nitrogens with zero attached hydrogens (tertiary/aromatic N) is 2. The molecule has 4 rings (SSSR count). The highest BCUT2D eigenvalue weighted by Crippen LogP contribution is 2.37. The lowest BCUT2D eigenvalue weighted by atomic mass is 10.1. The fourth-order valence-corrected chi connectivity index (χ4v) is 4.03. The molecule has 0 unspecified atom stereocenters. The van der Waals surface area contributed by atoms with E-state index >= 15 is 0 Å². The van der Waals surface area contributed by atoms with E-state index in [1.54, 1.807) is 18.2 Å². The van der Waals surface area contributed by atoms with Crippen LogP contribution in [0.1, 0.15) is 5.56 Å². The lowest BCUT2D eigenvalue weighted by molar-refractivity contribution is 0.134. The Morgan fingerprint density at radius 3 is 2.62 bits per heavy atom. The molecule has 1 aromatic heterocycles. The normalized spacial score (nSPS) is 15.1. The van der Waals surface area contributed by atoms with Crippen molar-refractivity contribution in [1.29, 1.82) is 0 Å². The Labute approximate surface area is 176 Å². The number of anilines is 1. The first kappa shape index (κ1) is 19.8. The van der Waals surface area contributed by atoms with E-state index in [0.29, 0.717) is 46.2 Å². The maximum atomic E-state index is 14.0. The maximum Gasteiger partial charge on any atom is 0.513 e. The Kier molecular flexibility index (Phi) is 5.54. The molecule has 0 bridgehead atoms. The largest absolute Gasteiger partial charge is 0.513 e. The van der Waals surface area contributed by atoms with Gasteiger partial charge in [0.25, 0.3) is 5.95 Å². The minimum atomic E-state index is -1.45. The van der Waals surface area contributed by atoms with Crippen LogP contribution in [0.25, 0.3) is 11.0 Å². The first-order valence-electron chi connectivity index (χ1n) is 8.95. The van der Waals surface area contributed by atoms with Crippen molar-refractivity contribution in [2.45, 2.75) is 6.54 Å². The second kappa shape index (κ2) is 8.10. The molecule has 152 valence electrons. The second-order valence-electron chi connectivity index (χ2n) is 6.71. The summed E-state index contributed by atoms with van der Waals surface area (Å²) in [7, 11) is 0. The average Bonchev–Trinajstić information content (AvgIpc) is 3.09.